The third kappa shape index (κ3) is 3.41. The van der Waals surface area contributed by atoms with Crippen LogP contribution in [-0.2, 0) is 4.79 Å². The lowest BCUT2D eigenvalue weighted by Gasteiger charge is -2.18. The van der Waals surface area contributed by atoms with Gasteiger partial charge in [-0.05, 0) is 17.7 Å². The number of aliphatic hydroxyl groups excluding tert-OH is 2. The minimum Gasteiger partial charge on any atom is -0.388 e. The van der Waals surface area contributed by atoms with Gasteiger partial charge in [0, 0.05) is 13.5 Å². The van der Waals surface area contributed by atoms with Gasteiger partial charge in [0.1, 0.15) is 17.4 Å². The second kappa shape index (κ2) is 6.13. The molecule has 106 valence electrons. The quantitative estimate of drug-likeness (QED) is 0.776. The molecule has 1 aromatic heterocycles. The summed E-state index contributed by atoms with van der Waals surface area (Å²) in [6.45, 7) is 1.31. The molecule has 0 spiro atoms. The van der Waals surface area contributed by atoms with Gasteiger partial charge < -0.3 is 15.5 Å². The average molecular weight is 296 g/mol. The van der Waals surface area contributed by atoms with Crippen molar-refractivity contribution in [2.45, 2.75) is 19.1 Å². The number of aromatic nitrogens is 2. The highest BCUT2D eigenvalue weighted by atomic mass is 35.5. The first-order chi connectivity index (χ1) is 9.47. The molecule has 0 saturated heterocycles. The van der Waals surface area contributed by atoms with Gasteiger partial charge in [-0.25, -0.2) is 4.98 Å². The summed E-state index contributed by atoms with van der Waals surface area (Å²) in [5.74, 6) is -0.271. The fourth-order valence-corrected chi connectivity index (χ4v) is 1.91. The molecule has 0 aliphatic heterocycles. The van der Waals surface area contributed by atoms with E-state index < -0.39 is 12.2 Å². The van der Waals surface area contributed by atoms with Crippen LogP contribution in [0, 0.1) is 0 Å². The molecule has 6 nitrogen and oxygen atoms in total. The number of amides is 1. The van der Waals surface area contributed by atoms with Crippen molar-refractivity contribution < 1.29 is 15.0 Å². The third-order valence-electron chi connectivity index (χ3n) is 2.80. The molecule has 2 atom stereocenters. The number of benzene rings is 1. The number of rotatable bonds is 4. The van der Waals surface area contributed by atoms with E-state index in [4.69, 9.17) is 11.6 Å². The Kier molecular flexibility index (Phi) is 4.49. The van der Waals surface area contributed by atoms with Gasteiger partial charge in [-0.15, -0.1) is 0 Å². The third-order valence-corrected chi connectivity index (χ3v) is 2.99. The molecule has 0 radical (unpaired) electrons. The Morgan fingerprint density at radius 2 is 2.15 bits per heavy atom. The maximum atomic E-state index is 10.8. The highest BCUT2D eigenvalue weighted by Gasteiger charge is 2.19. The Morgan fingerprint density at radius 1 is 1.40 bits per heavy atom. The Balaban J connectivity index is 2.21. The zero-order chi connectivity index (χ0) is 14.7. The maximum absolute atomic E-state index is 10.8. The highest BCUT2D eigenvalue weighted by molar-refractivity contribution is 6.29. The molecule has 0 aliphatic carbocycles. The summed E-state index contributed by atoms with van der Waals surface area (Å²) < 4.78 is 0. The maximum Gasteiger partial charge on any atom is 0.216 e. The van der Waals surface area contributed by atoms with Crippen LogP contribution >= 0.6 is 11.6 Å². The summed E-state index contributed by atoms with van der Waals surface area (Å²) in [5, 5.41) is 22.6. The largest absolute Gasteiger partial charge is 0.388 e. The van der Waals surface area contributed by atoms with Gasteiger partial charge in [0.05, 0.1) is 17.2 Å². The first-order valence-electron chi connectivity index (χ1n) is 6.00. The summed E-state index contributed by atoms with van der Waals surface area (Å²) in [7, 11) is 0. The first kappa shape index (κ1) is 14.6. The average Bonchev–Trinajstić information content (AvgIpc) is 2.43. The second-order valence-electron chi connectivity index (χ2n) is 4.39. The van der Waals surface area contributed by atoms with Crippen molar-refractivity contribution in [1.82, 2.24) is 15.3 Å². The molecule has 0 saturated carbocycles. The standard InChI is InChI=1S/C13H14ClN3O3/c1-7(18)15-5-11(19)13(20)8-2-3-9-10(4-8)17-12(14)6-16-9/h2-4,6,11,13,19-20H,5H2,1H3,(H,15,18). The SMILES string of the molecule is CC(=O)NCC(O)C(O)c1ccc2ncc(Cl)nc2c1. The Bertz CT molecular complexity index is 635. The van der Waals surface area contributed by atoms with Gasteiger partial charge in [-0.2, -0.15) is 0 Å². The fourth-order valence-electron chi connectivity index (χ4n) is 1.77. The van der Waals surface area contributed by atoms with Gasteiger partial charge in [0.2, 0.25) is 5.91 Å². The zero-order valence-electron chi connectivity index (χ0n) is 10.7. The van der Waals surface area contributed by atoms with Crippen LogP contribution in [0.15, 0.2) is 24.4 Å². The number of aliphatic hydroxyl groups is 2. The zero-order valence-corrected chi connectivity index (χ0v) is 11.5. The molecular weight excluding hydrogens is 282 g/mol. The van der Waals surface area contributed by atoms with Crippen molar-refractivity contribution in [1.29, 1.82) is 0 Å². The fraction of sp³-hybridized carbons (Fsp3) is 0.308. The molecule has 0 aliphatic rings. The van der Waals surface area contributed by atoms with Crippen LogP contribution < -0.4 is 5.32 Å². The van der Waals surface area contributed by atoms with E-state index in [1.54, 1.807) is 18.2 Å². The first-order valence-corrected chi connectivity index (χ1v) is 6.38. The van der Waals surface area contributed by atoms with Crippen LogP contribution in [0.5, 0.6) is 0 Å². The van der Waals surface area contributed by atoms with E-state index in [-0.39, 0.29) is 17.6 Å². The monoisotopic (exact) mass is 295 g/mol. The minimum atomic E-state index is -1.13. The summed E-state index contributed by atoms with van der Waals surface area (Å²) in [6.07, 6.45) is -0.804. The smallest absolute Gasteiger partial charge is 0.216 e. The predicted molar refractivity (Wildman–Crippen MR) is 74.2 cm³/mol. The van der Waals surface area contributed by atoms with E-state index in [1.165, 1.54) is 13.1 Å². The van der Waals surface area contributed by atoms with E-state index in [9.17, 15) is 15.0 Å². The number of carbonyl (C=O) groups is 1. The van der Waals surface area contributed by atoms with Crippen LogP contribution in [0.4, 0.5) is 0 Å². The molecule has 20 heavy (non-hydrogen) atoms. The number of halogens is 1. The lowest BCUT2D eigenvalue weighted by molar-refractivity contribution is -0.119. The highest BCUT2D eigenvalue weighted by Crippen LogP contribution is 2.21. The van der Waals surface area contributed by atoms with Crippen molar-refractivity contribution in [3.8, 4) is 0 Å². The van der Waals surface area contributed by atoms with E-state index in [1.807, 2.05) is 0 Å². The van der Waals surface area contributed by atoms with Crippen molar-refractivity contribution in [2.75, 3.05) is 6.54 Å². The van der Waals surface area contributed by atoms with E-state index in [0.717, 1.165) is 0 Å². The van der Waals surface area contributed by atoms with Gasteiger partial charge in [0.15, 0.2) is 0 Å². The minimum absolute atomic E-state index is 0.0320. The molecular formula is C13H14ClN3O3. The van der Waals surface area contributed by atoms with Crippen molar-refractivity contribution >= 4 is 28.5 Å². The van der Waals surface area contributed by atoms with Crippen LogP contribution in [-0.4, -0.2) is 38.7 Å². The van der Waals surface area contributed by atoms with Gasteiger partial charge in [-0.3, -0.25) is 9.78 Å². The van der Waals surface area contributed by atoms with Crippen LogP contribution in [0.1, 0.15) is 18.6 Å². The summed E-state index contributed by atoms with van der Waals surface area (Å²) >= 11 is 5.76. The number of carbonyl (C=O) groups excluding carboxylic acids is 1. The van der Waals surface area contributed by atoms with Crippen molar-refractivity contribution in [3.63, 3.8) is 0 Å². The lowest BCUT2D eigenvalue weighted by atomic mass is 10.0. The molecule has 2 unspecified atom stereocenters. The molecule has 2 aromatic rings. The van der Waals surface area contributed by atoms with E-state index >= 15 is 0 Å². The van der Waals surface area contributed by atoms with Gasteiger partial charge in [-0.1, -0.05) is 17.7 Å². The van der Waals surface area contributed by atoms with E-state index in [0.29, 0.717) is 16.6 Å². The molecule has 0 fully saturated rings. The van der Waals surface area contributed by atoms with Gasteiger partial charge in [0.25, 0.3) is 0 Å². The van der Waals surface area contributed by atoms with Gasteiger partial charge >= 0.3 is 0 Å². The normalized spacial score (nSPS) is 14.0. The predicted octanol–water partition coefficient (Wildman–Crippen LogP) is 0.814. The molecule has 1 amide bonds. The summed E-state index contributed by atoms with van der Waals surface area (Å²) in [4.78, 5) is 19.0. The van der Waals surface area contributed by atoms with Crippen molar-refractivity contribution in [2.24, 2.45) is 0 Å². The Morgan fingerprint density at radius 3 is 2.85 bits per heavy atom. The van der Waals surface area contributed by atoms with Crippen LogP contribution in [0.3, 0.4) is 0 Å². The number of nitrogens with one attached hydrogen (secondary N) is 1. The Labute approximate surface area is 120 Å². The lowest BCUT2D eigenvalue weighted by Crippen LogP contribution is -2.34. The second-order valence-corrected chi connectivity index (χ2v) is 4.78. The van der Waals surface area contributed by atoms with Crippen LogP contribution in [0.25, 0.3) is 11.0 Å². The molecule has 2 rings (SSSR count). The summed E-state index contributed by atoms with van der Waals surface area (Å²) in [6, 6.07) is 4.94. The molecule has 1 heterocycles. The van der Waals surface area contributed by atoms with Crippen molar-refractivity contribution in [3.05, 3.63) is 35.1 Å². The molecule has 1 aromatic carbocycles. The molecule has 3 N–H and O–H groups in total. The topological polar surface area (TPSA) is 95.3 Å². The molecule has 0 bridgehead atoms. The molecule has 7 heteroatoms. The summed E-state index contributed by atoms with van der Waals surface area (Å²) in [5.41, 5.74) is 1.65. The number of hydrogen-bond acceptors (Lipinski definition) is 5. The number of fused-ring (bicyclic) bond motifs is 1. The van der Waals surface area contributed by atoms with Crippen LogP contribution in [0.2, 0.25) is 5.15 Å². The number of hydrogen-bond donors (Lipinski definition) is 3. The Hall–Kier alpha value is -1.76. The number of nitrogens with zero attached hydrogens (tertiary/aromatic N) is 2. The van der Waals surface area contributed by atoms with E-state index in [2.05, 4.69) is 15.3 Å².